The van der Waals surface area contributed by atoms with Gasteiger partial charge in [-0.3, -0.25) is 0 Å². The predicted octanol–water partition coefficient (Wildman–Crippen LogP) is 4.37. The van der Waals surface area contributed by atoms with Crippen LogP contribution in [0.15, 0.2) is 30.3 Å². The smallest absolute Gasteiger partial charge is 0.345 e. The van der Waals surface area contributed by atoms with Crippen LogP contribution >= 0.6 is 34.5 Å². The molecule has 3 nitrogen and oxygen atoms in total. The van der Waals surface area contributed by atoms with Crippen molar-refractivity contribution in [1.82, 2.24) is 0 Å². The Kier molecular flexibility index (Phi) is 4.11. The van der Waals surface area contributed by atoms with Gasteiger partial charge >= 0.3 is 5.97 Å². The van der Waals surface area contributed by atoms with Crippen LogP contribution in [0.1, 0.15) is 14.5 Å². The predicted molar refractivity (Wildman–Crippen MR) is 75.1 cm³/mol. The van der Waals surface area contributed by atoms with Crippen LogP contribution in [0.4, 0.5) is 5.69 Å². The Morgan fingerprint density at radius 1 is 1.28 bits per heavy atom. The summed E-state index contributed by atoms with van der Waals surface area (Å²) in [6.07, 6.45) is 0. The molecule has 94 valence electrons. The lowest BCUT2D eigenvalue weighted by molar-refractivity contribution is 0.0702. The number of thiophene rings is 1. The van der Waals surface area contributed by atoms with Crippen molar-refractivity contribution in [3.63, 3.8) is 0 Å². The minimum atomic E-state index is -0.910. The Balaban J connectivity index is 2.06. The second-order valence-corrected chi connectivity index (χ2v) is 5.56. The van der Waals surface area contributed by atoms with Crippen molar-refractivity contribution in [2.24, 2.45) is 0 Å². The summed E-state index contributed by atoms with van der Waals surface area (Å²) in [5.41, 5.74) is 0.731. The highest BCUT2D eigenvalue weighted by atomic mass is 35.5. The maximum Gasteiger partial charge on any atom is 0.345 e. The van der Waals surface area contributed by atoms with Gasteiger partial charge in [0.2, 0.25) is 0 Å². The van der Waals surface area contributed by atoms with Crippen molar-refractivity contribution in [1.29, 1.82) is 0 Å². The van der Waals surface area contributed by atoms with Gasteiger partial charge in [0.1, 0.15) is 4.88 Å². The topological polar surface area (TPSA) is 49.3 Å². The molecule has 18 heavy (non-hydrogen) atoms. The first-order valence-corrected chi connectivity index (χ1v) is 6.64. The number of hydrogen-bond donors (Lipinski definition) is 2. The number of hydrogen-bond acceptors (Lipinski definition) is 3. The van der Waals surface area contributed by atoms with E-state index in [1.165, 1.54) is 11.3 Å². The first-order chi connectivity index (χ1) is 8.56. The summed E-state index contributed by atoms with van der Waals surface area (Å²) in [5, 5.41) is 13.1. The molecule has 1 aromatic carbocycles. The monoisotopic (exact) mass is 301 g/mol. The average molecular weight is 302 g/mol. The van der Waals surface area contributed by atoms with E-state index in [2.05, 4.69) is 5.32 Å². The van der Waals surface area contributed by atoms with E-state index in [0.717, 1.165) is 10.6 Å². The quantitative estimate of drug-likeness (QED) is 0.882. The molecule has 0 amide bonds. The maximum atomic E-state index is 10.7. The molecule has 0 saturated carbocycles. The minimum absolute atomic E-state index is 0.323. The molecule has 0 radical (unpaired) electrons. The molecule has 0 aliphatic heterocycles. The lowest BCUT2D eigenvalue weighted by atomic mass is 10.3. The fourth-order valence-corrected chi connectivity index (χ4v) is 2.55. The Morgan fingerprint density at radius 2 is 2.06 bits per heavy atom. The van der Waals surface area contributed by atoms with E-state index < -0.39 is 5.97 Å². The van der Waals surface area contributed by atoms with Gasteiger partial charge in [0, 0.05) is 16.4 Å². The third kappa shape index (κ3) is 3.16. The molecule has 1 aromatic heterocycles. The van der Waals surface area contributed by atoms with Crippen molar-refractivity contribution in [3.05, 3.63) is 50.1 Å². The molecular weight excluding hydrogens is 293 g/mol. The van der Waals surface area contributed by atoms with E-state index >= 15 is 0 Å². The highest BCUT2D eigenvalue weighted by molar-refractivity contribution is 7.13. The van der Waals surface area contributed by atoms with Gasteiger partial charge in [-0.15, -0.1) is 11.3 Å². The highest BCUT2D eigenvalue weighted by Gasteiger charge is 2.07. The van der Waals surface area contributed by atoms with Crippen LogP contribution in [0.3, 0.4) is 0 Å². The van der Waals surface area contributed by atoms with E-state index in [1.807, 2.05) is 0 Å². The minimum Gasteiger partial charge on any atom is -0.477 e. The number of carbonyl (C=O) groups is 1. The summed E-state index contributed by atoms with van der Waals surface area (Å²) < 4.78 is 0. The Labute approximate surface area is 118 Å². The number of carboxylic acids is 1. The van der Waals surface area contributed by atoms with Crippen molar-refractivity contribution in [2.75, 3.05) is 5.32 Å². The van der Waals surface area contributed by atoms with Gasteiger partial charge in [0.25, 0.3) is 0 Å². The zero-order chi connectivity index (χ0) is 13.1. The summed E-state index contributed by atoms with van der Waals surface area (Å²) in [7, 11) is 0. The SMILES string of the molecule is O=C(O)c1ccc(CNc2cc(Cl)ccc2Cl)s1. The van der Waals surface area contributed by atoms with Crippen LogP contribution in [0, 0.1) is 0 Å². The zero-order valence-corrected chi connectivity index (χ0v) is 11.4. The first kappa shape index (κ1) is 13.2. The number of carboxylic acid groups (broad SMARTS) is 1. The summed E-state index contributed by atoms with van der Waals surface area (Å²) in [6, 6.07) is 8.52. The second kappa shape index (κ2) is 5.61. The number of halogens is 2. The molecule has 2 aromatic rings. The van der Waals surface area contributed by atoms with Gasteiger partial charge in [-0.25, -0.2) is 4.79 Å². The fourth-order valence-electron chi connectivity index (χ4n) is 1.40. The van der Waals surface area contributed by atoms with Gasteiger partial charge < -0.3 is 10.4 Å². The lowest BCUT2D eigenvalue weighted by Crippen LogP contribution is -1.98. The van der Waals surface area contributed by atoms with Crippen molar-refractivity contribution in [2.45, 2.75) is 6.54 Å². The van der Waals surface area contributed by atoms with Gasteiger partial charge in [0.15, 0.2) is 0 Å². The van der Waals surface area contributed by atoms with Crippen molar-refractivity contribution in [3.8, 4) is 0 Å². The van der Waals surface area contributed by atoms with E-state index in [0.29, 0.717) is 21.5 Å². The van der Waals surface area contributed by atoms with Crippen molar-refractivity contribution < 1.29 is 9.90 Å². The number of benzene rings is 1. The van der Waals surface area contributed by atoms with Crippen LogP contribution in [0.2, 0.25) is 10.0 Å². The van der Waals surface area contributed by atoms with E-state index in [4.69, 9.17) is 28.3 Å². The highest BCUT2D eigenvalue weighted by Crippen LogP contribution is 2.26. The van der Waals surface area contributed by atoms with Gasteiger partial charge in [0.05, 0.1) is 10.7 Å². The van der Waals surface area contributed by atoms with Gasteiger partial charge in [-0.1, -0.05) is 23.2 Å². The molecule has 0 saturated heterocycles. The third-order valence-electron chi connectivity index (χ3n) is 2.25. The number of anilines is 1. The Hall–Kier alpha value is -1.23. The number of rotatable bonds is 4. The molecular formula is C12H9Cl2NO2S. The number of nitrogens with one attached hydrogen (secondary N) is 1. The van der Waals surface area contributed by atoms with E-state index in [1.54, 1.807) is 30.3 Å². The lowest BCUT2D eigenvalue weighted by Gasteiger charge is -2.07. The number of aromatic carboxylic acids is 1. The summed E-state index contributed by atoms with van der Waals surface area (Å²) >= 11 is 13.1. The molecule has 0 atom stereocenters. The zero-order valence-electron chi connectivity index (χ0n) is 9.11. The second-order valence-electron chi connectivity index (χ2n) is 3.55. The van der Waals surface area contributed by atoms with Crippen LogP contribution < -0.4 is 5.32 Å². The maximum absolute atomic E-state index is 10.7. The summed E-state index contributed by atoms with van der Waals surface area (Å²) in [6.45, 7) is 0.512. The van der Waals surface area contributed by atoms with Crippen LogP contribution in [-0.4, -0.2) is 11.1 Å². The molecule has 2 N–H and O–H groups in total. The molecule has 0 spiro atoms. The Morgan fingerprint density at radius 3 is 2.72 bits per heavy atom. The molecule has 0 aliphatic rings. The molecule has 6 heteroatoms. The standard InChI is InChI=1S/C12H9Cl2NO2S/c13-7-1-3-9(14)10(5-7)15-6-8-2-4-11(18-8)12(16)17/h1-5,15H,6H2,(H,16,17). The van der Waals surface area contributed by atoms with E-state index in [-0.39, 0.29) is 0 Å². The third-order valence-corrected chi connectivity index (χ3v) is 3.89. The van der Waals surface area contributed by atoms with Crippen molar-refractivity contribution >= 4 is 46.2 Å². The fraction of sp³-hybridized carbons (Fsp3) is 0.0833. The largest absolute Gasteiger partial charge is 0.477 e. The average Bonchev–Trinajstić information content (AvgIpc) is 2.79. The van der Waals surface area contributed by atoms with Gasteiger partial charge in [-0.2, -0.15) is 0 Å². The molecule has 0 aliphatic carbocycles. The molecule has 0 bridgehead atoms. The van der Waals surface area contributed by atoms with Crippen LogP contribution in [0.25, 0.3) is 0 Å². The summed E-state index contributed by atoms with van der Waals surface area (Å²) in [5.74, 6) is -0.910. The molecule has 1 heterocycles. The van der Waals surface area contributed by atoms with Crippen LogP contribution in [-0.2, 0) is 6.54 Å². The molecule has 0 unspecified atom stereocenters. The van der Waals surface area contributed by atoms with Crippen LogP contribution in [0.5, 0.6) is 0 Å². The molecule has 0 fully saturated rings. The first-order valence-electron chi connectivity index (χ1n) is 5.07. The Bertz CT molecular complexity index is 583. The summed E-state index contributed by atoms with van der Waals surface area (Å²) in [4.78, 5) is 12.0. The normalized spacial score (nSPS) is 10.3. The molecule has 2 rings (SSSR count). The van der Waals surface area contributed by atoms with E-state index in [9.17, 15) is 4.79 Å². The van der Waals surface area contributed by atoms with Gasteiger partial charge in [-0.05, 0) is 30.3 Å².